The second-order valence-electron chi connectivity index (χ2n) is 6.16. The maximum Gasteiger partial charge on any atom is 0.518 e. The fourth-order valence-corrected chi connectivity index (χ4v) is 1.96. The van der Waals surface area contributed by atoms with E-state index in [-0.39, 0.29) is 6.42 Å². The standard InChI is InChI=1S/C11H16BF2N3O2/c1-9(2)10(3,4)19-12(18-9)8-6-15-17(16-8)7-5-11(7,13)14/h6-7H,5H2,1-4H3. The third kappa shape index (κ3) is 1.97. The zero-order valence-electron chi connectivity index (χ0n) is 11.4. The fourth-order valence-electron chi connectivity index (χ4n) is 1.96. The van der Waals surface area contributed by atoms with E-state index in [1.165, 1.54) is 6.20 Å². The van der Waals surface area contributed by atoms with Crippen molar-refractivity contribution in [3.63, 3.8) is 0 Å². The average molecular weight is 271 g/mol. The summed E-state index contributed by atoms with van der Waals surface area (Å²) in [6, 6.07) is -0.927. The van der Waals surface area contributed by atoms with E-state index in [1.54, 1.807) is 0 Å². The second-order valence-corrected chi connectivity index (χ2v) is 6.16. The quantitative estimate of drug-likeness (QED) is 0.757. The molecule has 1 unspecified atom stereocenters. The van der Waals surface area contributed by atoms with Crippen LogP contribution in [-0.2, 0) is 9.31 Å². The van der Waals surface area contributed by atoms with Crippen LogP contribution in [-0.4, -0.2) is 39.2 Å². The minimum Gasteiger partial charge on any atom is -0.398 e. The molecule has 0 radical (unpaired) electrons. The van der Waals surface area contributed by atoms with Gasteiger partial charge in [-0.2, -0.15) is 15.0 Å². The lowest BCUT2D eigenvalue weighted by Crippen LogP contribution is -2.41. The molecule has 1 saturated carbocycles. The van der Waals surface area contributed by atoms with E-state index in [2.05, 4.69) is 10.2 Å². The smallest absolute Gasteiger partial charge is 0.398 e. The molecule has 1 aliphatic heterocycles. The Balaban J connectivity index is 1.78. The predicted octanol–water partition coefficient (Wildman–Crippen LogP) is 1.16. The molecule has 1 atom stereocenters. The molecule has 5 nitrogen and oxygen atoms in total. The zero-order chi connectivity index (χ0) is 14.1. The first-order valence-electron chi connectivity index (χ1n) is 6.28. The van der Waals surface area contributed by atoms with Gasteiger partial charge in [-0.15, -0.1) is 0 Å². The topological polar surface area (TPSA) is 49.2 Å². The number of rotatable bonds is 2. The van der Waals surface area contributed by atoms with E-state index in [9.17, 15) is 8.78 Å². The minimum atomic E-state index is -2.69. The molecule has 0 N–H and O–H groups in total. The van der Waals surface area contributed by atoms with E-state index < -0.39 is 30.3 Å². The third-order valence-electron chi connectivity index (χ3n) is 4.09. The number of alkyl halides is 2. The van der Waals surface area contributed by atoms with Crippen molar-refractivity contribution in [1.82, 2.24) is 15.0 Å². The van der Waals surface area contributed by atoms with Crippen LogP contribution in [0.4, 0.5) is 8.78 Å². The highest BCUT2D eigenvalue weighted by atomic mass is 19.3. The first-order chi connectivity index (χ1) is 8.62. The molecule has 19 heavy (non-hydrogen) atoms. The molecular weight excluding hydrogens is 255 g/mol. The largest absolute Gasteiger partial charge is 0.518 e. The monoisotopic (exact) mass is 271 g/mol. The Morgan fingerprint density at radius 3 is 2.26 bits per heavy atom. The van der Waals surface area contributed by atoms with Crippen molar-refractivity contribution < 1.29 is 18.1 Å². The number of hydrogen-bond donors (Lipinski definition) is 0. The number of nitrogens with zero attached hydrogens (tertiary/aromatic N) is 3. The van der Waals surface area contributed by atoms with Gasteiger partial charge in [0.2, 0.25) is 0 Å². The summed E-state index contributed by atoms with van der Waals surface area (Å²) in [5, 5.41) is 7.94. The van der Waals surface area contributed by atoms with Gasteiger partial charge in [0.05, 0.1) is 17.4 Å². The molecule has 0 amide bonds. The highest BCUT2D eigenvalue weighted by Gasteiger charge is 2.60. The molecular formula is C11H16BF2N3O2. The van der Waals surface area contributed by atoms with Gasteiger partial charge in [-0.1, -0.05) is 0 Å². The molecule has 1 aromatic heterocycles. The van der Waals surface area contributed by atoms with Crippen molar-refractivity contribution in [1.29, 1.82) is 0 Å². The van der Waals surface area contributed by atoms with Gasteiger partial charge in [-0.3, -0.25) is 0 Å². The van der Waals surface area contributed by atoms with Crippen LogP contribution >= 0.6 is 0 Å². The molecule has 0 spiro atoms. The molecule has 8 heteroatoms. The van der Waals surface area contributed by atoms with Crippen molar-refractivity contribution in [3.05, 3.63) is 6.20 Å². The van der Waals surface area contributed by atoms with Gasteiger partial charge in [-0.05, 0) is 27.7 Å². The maximum atomic E-state index is 13.0. The van der Waals surface area contributed by atoms with Crippen LogP contribution in [0.15, 0.2) is 6.20 Å². The molecule has 0 bridgehead atoms. The summed E-state index contributed by atoms with van der Waals surface area (Å²) >= 11 is 0. The van der Waals surface area contributed by atoms with Crippen LogP contribution in [0.5, 0.6) is 0 Å². The normalized spacial score (nSPS) is 30.6. The first kappa shape index (κ1) is 13.0. The summed E-state index contributed by atoms with van der Waals surface area (Å²) in [4.78, 5) is 1.06. The van der Waals surface area contributed by atoms with Crippen molar-refractivity contribution in [3.8, 4) is 0 Å². The predicted molar refractivity (Wildman–Crippen MR) is 64.3 cm³/mol. The Hall–Kier alpha value is -1.02. The highest BCUT2D eigenvalue weighted by Crippen LogP contribution is 2.51. The first-order valence-corrected chi connectivity index (χ1v) is 6.28. The summed E-state index contributed by atoms with van der Waals surface area (Å²) in [5.41, 5.74) is -0.531. The minimum absolute atomic E-state index is 0.204. The summed E-state index contributed by atoms with van der Waals surface area (Å²) in [6.45, 7) is 7.69. The van der Waals surface area contributed by atoms with Crippen LogP contribution in [0, 0.1) is 0 Å². The SMILES string of the molecule is CC1(C)OB(c2cnn(C3CC3(F)F)n2)OC1(C)C. The van der Waals surface area contributed by atoms with Gasteiger partial charge in [0.25, 0.3) is 5.92 Å². The lowest BCUT2D eigenvalue weighted by Gasteiger charge is -2.32. The van der Waals surface area contributed by atoms with Crippen LogP contribution in [0.1, 0.15) is 40.2 Å². The van der Waals surface area contributed by atoms with Gasteiger partial charge >= 0.3 is 7.12 Å². The van der Waals surface area contributed by atoms with Crippen molar-refractivity contribution in [2.75, 3.05) is 0 Å². The molecule has 1 saturated heterocycles. The Morgan fingerprint density at radius 2 is 1.79 bits per heavy atom. The summed E-state index contributed by atoms with van der Waals surface area (Å²) in [7, 11) is -0.661. The van der Waals surface area contributed by atoms with Crippen molar-refractivity contribution in [2.45, 2.75) is 57.3 Å². The van der Waals surface area contributed by atoms with Gasteiger partial charge < -0.3 is 9.31 Å². The van der Waals surface area contributed by atoms with E-state index in [0.29, 0.717) is 5.59 Å². The van der Waals surface area contributed by atoms with Gasteiger partial charge in [0.15, 0.2) is 0 Å². The molecule has 0 aromatic carbocycles. The van der Waals surface area contributed by atoms with Crippen LogP contribution in [0.25, 0.3) is 0 Å². The van der Waals surface area contributed by atoms with E-state index in [4.69, 9.17) is 9.31 Å². The lowest BCUT2D eigenvalue weighted by atomic mass is 9.86. The average Bonchev–Trinajstić information content (AvgIpc) is 2.65. The second kappa shape index (κ2) is 3.55. The number of aromatic nitrogens is 3. The molecule has 104 valence electrons. The summed E-state index contributed by atoms with van der Waals surface area (Å²) in [5.74, 6) is -2.69. The Kier molecular flexibility index (Phi) is 2.42. The van der Waals surface area contributed by atoms with Crippen LogP contribution in [0.2, 0.25) is 0 Å². The van der Waals surface area contributed by atoms with Gasteiger partial charge in [-0.25, -0.2) is 8.78 Å². The van der Waals surface area contributed by atoms with Crippen molar-refractivity contribution >= 4 is 12.7 Å². The number of hydrogen-bond acceptors (Lipinski definition) is 4. The fraction of sp³-hybridized carbons (Fsp3) is 0.818. The highest BCUT2D eigenvalue weighted by molar-refractivity contribution is 6.61. The zero-order valence-corrected chi connectivity index (χ0v) is 11.4. The van der Waals surface area contributed by atoms with E-state index in [1.807, 2.05) is 27.7 Å². The Morgan fingerprint density at radius 1 is 1.26 bits per heavy atom. The summed E-state index contributed by atoms with van der Waals surface area (Å²) < 4.78 is 37.5. The Bertz CT molecular complexity index is 502. The van der Waals surface area contributed by atoms with E-state index >= 15 is 0 Å². The van der Waals surface area contributed by atoms with Gasteiger partial charge in [0, 0.05) is 6.42 Å². The molecule has 2 fully saturated rings. The molecule has 1 aromatic rings. The third-order valence-corrected chi connectivity index (χ3v) is 4.09. The molecule has 2 aliphatic rings. The number of halogens is 2. The Labute approximate surface area is 110 Å². The van der Waals surface area contributed by atoms with Gasteiger partial charge in [0.1, 0.15) is 11.6 Å². The van der Waals surface area contributed by atoms with Crippen molar-refractivity contribution in [2.24, 2.45) is 0 Å². The van der Waals surface area contributed by atoms with E-state index in [0.717, 1.165) is 4.80 Å². The van der Waals surface area contributed by atoms with Crippen LogP contribution in [0.3, 0.4) is 0 Å². The molecule has 3 rings (SSSR count). The summed E-state index contributed by atoms with van der Waals surface area (Å²) in [6.07, 6.45) is 1.22. The molecule has 1 aliphatic carbocycles. The van der Waals surface area contributed by atoms with Crippen LogP contribution < -0.4 is 5.59 Å². The molecule has 2 heterocycles. The lowest BCUT2D eigenvalue weighted by molar-refractivity contribution is 0.00578. The maximum absolute atomic E-state index is 13.0.